The maximum absolute atomic E-state index is 11.4. The molecular weight excluding hydrogens is 612 g/mol. The molecule has 0 fully saturated rings. The van der Waals surface area contributed by atoms with Gasteiger partial charge in [0.2, 0.25) is 0 Å². The Morgan fingerprint density at radius 1 is 0.571 bits per heavy atom. The number of nitrogens with zero attached hydrogens (tertiary/aromatic N) is 1. The van der Waals surface area contributed by atoms with Crippen LogP contribution in [0.15, 0.2) is 82.7 Å². The smallest absolute Gasteiger partial charge is 0.367 e. The van der Waals surface area contributed by atoms with Gasteiger partial charge >= 0.3 is 120 Å². The number of hydrogen-bond acceptors (Lipinski definition) is 2. The van der Waals surface area contributed by atoms with Gasteiger partial charge < -0.3 is 5.11 Å². The van der Waals surface area contributed by atoms with Crippen molar-refractivity contribution in [2.75, 3.05) is 0 Å². The molecule has 0 aliphatic heterocycles. The Kier molecular flexibility index (Phi) is 15.5. The van der Waals surface area contributed by atoms with Crippen LogP contribution in [-0.4, -0.2) is 29.2 Å². The van der Waals surface area contributed by atoms with Crippen LogP contribution in [0.5, 0.6) is 0 Å². The zero-order valence-electron chi connectivity index (χ0n) is 23.3. The molecule has 42 heavy (non-hydrogen) atoms. The topological polar surface area (TPSA) is 32.6 Å². The molecule has 12 heteroatoms. The minimum atomic E-state index is -6.87. The van der Waals surface area contributed by atoms with Crippen molar-refractivity contribution in [2.45, 2.75) is 63.7 Å². The van der Waals surface area contributed by atoms with E-state index in [-0.39, 0.29) is 0 Å². The van der Waals surface area contributed by atoms with E-state index in [0.717, 1.165) is 16.8 Å². The molecule has 0 radical (unpaired) electrons. The van der Waals surface area contributed by atoms with Crippen LogP contribution in [0.2, 0.25) is 0 Å². The first-order valence-corrected chi connectivity index (χ1v) is 12.9. The van der Waals surface area contributed by atoms with E-state index >= 15 is 0 Å². The summed E-state index contributed by atoms with van der Waals surface area (Å²) in [5, 5.41) is 7.65. The first-order valence-electron chi connectivity index (χ1n) is 12.3. The molecule has 3 rings (SSSR count). The Bertz CT molecular complexity index is 1090. The molecular formula is C30H32F9NOV. The molecule has 0 atom stereocenters. The van der Waals surface area contributed by atoms with Crippen LogP contribution in [0.1, 0.15) is 61.8 Å². The molecule has 3 aromatic carbocycles. The maximum atomic E-state index is 11.4. The second-order valence-electron chi connectivity index (χ2n) is 9.37. The average molecular weight is 645 g/mol. The molecule has 3 aromatic rings. The van der Waals surface area contributed by atoms with Crippen molar-refractivity contribution < 1.29 is 61.9 Å². The molecule has 0 aromatic heterocycles. The largest absolute Gasteiger partial charge is 0.435 e. The number of hydrogen-bond donors (Lipinski definition) is 1. The number of rotatable bonds is 3. The Morgan fingerprint density at radius 3 is 1.00 bits per heavy atom. The first-order chi connectivity index (χ1) is 19.1. The van der Waals surface area contributed by atoms with Gasteiger partial charge in [-0.05, 0) is 0 Å². The number of halogens is 9. The van der Waals surface area contributed by atoms with Gasteiger partial charge in [0, 0.05) is 0 Å². The third-order valence-electron chi connectivity index (χ3n) is 5.36. The summed E-state index contributed by atoms with van der Waals surface area (Å²) in [5.74, 6) is 1.08. The van der Waals surface area contributed by atoms with Crippen molar-refractivity contribution in [2.24, 2.45) is 3.79 Å². The van der Waals surface area contributed by atoms with Crippen LogP contribution < -0.4 is 0 Å². The summed E-state index contributed by atoms with van der Waals surface area (Å²) in [6, 6.07) is 26.2. The number of alkyl halides is 9. The van der Waals surface area contributed by atoms with Gasteiger partial charge in [0.1, 0.15) is 0 Å². The van der Waals surface area contributed by atoms with Crippen LogP contribution in [0.4, 0.5) is 45.2 Å². The first kappa shape index (κ1) is 39.1. The van der Waals surface area contributed by atoms with E-state index < -0.39 is 24.1 Å². The summed E-state index contributed by atoms with van der Waals surface area (Å²) in [4.78, 5) is 0. The summed E-state index contributed by atoms with van der Waals surface area (Å²) in [6.07, 6.45) is -20.6. The van der Waals surface area contributed by atoms with Crippen LogP contribution in [0.3, 0.4) is 0 Å². The fourth-order valence-electron chi connectivity index (χ4n) is 3.07. The van der Waals surface area contributed by atoms with Crippen molar-refractivity contribution in [3.8, 4) is 0 Å². The summed E-state index contributed by atoms with van der Waals surface area (Å²) >= 11 is 2.33. The van der Waals surface area contributed by atoms with Gasteiger partial charge in [-0.15, -0.1) is 24.3 Å². The molecule has 0 unspecified atom stereocenters. The van der Waals surface area contributed by atoms with Crippen LogP contribution >= 0.6 is 0 Å². The van der Waals surface area contributed by atoms with Crippen LogP contribution in [0.25, 0.3) is 0 Å². The third-order valence-corrected chi connectivity index (χ3v) is 5.67. The Morgan fingerprint density at radius 2 is 0.857 bits per heavy atom. The molecule has 231 valence electrons. The van der Waals surface area contributed by atoms with Gasteiger partial charge in [0.15, 0.2) is 0 Å². The minimum Gasteiger partial charge on any atom is -0.367 e. The Hall–Kier alpha value is -2.89. The summed E-state index contributed by atoms with van der Waals surface area (Å²) in [6.45, 7) is 16.3. The molecule has 0 aliphatic carbocycles. The predicted octanol–water partition coefficient (Wildman–Crippen LogP) is 10.4. The SMILES string of the molecule is CC(C)c1cccc(C(C)C)c1[N]=[V+2].OC(C(F)(F)F)(C(F)(F)F)C(F)(F)F.[CH2-]c1ccccc1.[CH2-]c1ccccc1. The zero-order chi connectivity index (χ0) is 32.9. The van der Waals surface area contributed by atoms with E-state index in [1.807, 2.05) is 60.7 Å². The van der Waals surface area contributed by atoms with Gasteiger partial charge in [-0.25, -0.2) is 0 Å². The van der Waals surface area contributed by atoms with Gasteiger partial charge in [-0.3, -0.25) is 0 Å². The van der Waals surface area contributed by atoms with Crippen LogP contribution in [-0.2, 0) is 17.2 Å². The Labute approximate surface area is 249 Å². The van der Waals surface area contributed by atoms with Crippen molar-refractivity contribution >= 4 is 5.69 Å². The van der Waals surface area contributed by atoms with E-state index in [1.54, 1.807) is 0 Å². The standard InChI is InChI=1S/C12H17N.2C7H7.C4HF9O.V/c1-8(2)10-6-5-7-11(9(3)4)12(10)13;2*1-7-5-3-2-4-6-7;5-2(6,7)1(14,3(8,9)10)4(11,12)13;/h5-9H,1-4H3;2*2-6H,1H2;14H;/q;2*-1;;+2. The van der Waals surface area contributed by atoms with Gasteiger partial charge in [-0.1, -0.05) is 12.1 Å². The van der Waals surface area contributed by atoms with E-state index in [9.17, 15) is 39.5 Å². The second-order valence-corrected chi connectivity index (χ2v) is 9.68. The van der Waals surface area contributed by atoms with Gasteiger partial charge in [0.05, 0.1) is 0 Å². The maximum Gasteiger partial charge on any atom is 0.435 e. The monoisotopic (exact) mass is 644 g/mol. The van der Waals surface area contributed by atoms with Gasteiger partial charge in [-0.2, -0.15) is 88.8 Å². The molecule has 0 saturated carbocycles. The minimum absolute atomic E-state index is 0.539. The molecule has 0 aliphatic rings. The van der Waals surface area contributed by atoms with Crippen LogP contribution in [0, 0.1) is 13.8 Å². The normalized spacial score (nSPS) is 11.9. The average Bonchev–Trinajstić information content (AvgIpc) is 2.87. The molecule has 2 nitrogen and oxygen atoms in total. The quantitative estimate of drug-likeness (QED) is 0.223. The molecule has 0 bridgehead atoms. The van der Waals surface area contributed by atoms with Crippen molar-refractivity contribution in [1.29, 1.82) is 0 Å². The van der Waals surface area contributed by atoms with Crippen molar-refractivity contribution in [3.05, 3.63) is 115 Å². The van der Waals surface area contributed by atoms with Crippen molar-refractivity contribution in [3.63, 3.8) is 0 Å². The molecule has 1 N–H and O–H groups in total. The van der Waals surface area contributed by atoms with Crippen molar-refractivity contribution in [1.82, 2.24) is 0 Å². The van der Waals surface area contributed by atoms with E-state index in [1.165, 1.54) is 11.1 Å². The number of aliphatic hydroxyl groups is 1. The van der Waals surface area contributed by atoms with E-state index in [0.29, 0.717) is 11.8 Å². The fraction of sp³-hybridized carbons (Fsp3) is 0.333. The predicted molar refractivity (Wildman–Crippen MR) is 142 cm³/mol. The molecule has 0 amide bonds. The molecule has 0 heterocycles. The summed E-state index contributed by atoms with van der Waals surface area (Å²) < 4.78 is 107. The second kappa shape index (κ2) is 16.7. The fourth-order valence-corrected chi connectivity index (χ4v) is 3.43. The van der Waals surface area contributed by atoms with Gasteiger partial charge in [0.25, 0.3) is 0 Å². The van der Waals surface area contributed by atoms with E-state index in [2.05, 4.69) is 80.8 Å². The molecule has 0 saturated heterocycles. The van der Waals surface area contributed by atoms with E-state index in [4.69, 9.17) is 5.11 Å². The summed E-state index contributed by atoms with van der Waals surface area (Å²) in [7, 11) is 0. The summed E-state index contributed by atoms with van der Waals surface area (Å²) in [5.41, 5.74) is -0.691. The third kappa shape index (κ3) is 11.8. The molecule has 0 spiro atoms. The zero-order valence-corrected chi connectivity index (χ0v) is 24.7. The Balaban J connectivity index is 0.000000559. The number of benzene rings is 3.